The Balaban J connectivity index is 2.47. The van der Waals surface area contributed by atoms with Gasteiger partial charge in [-0.15, -0.1) is 0 Å². The summed E-state index contributed by atoms with van der Waals surface area (Å²) < 4.78 is 5.96. The van der Waals surface area contributed by atoms with E-state index in [1.807, 2.05) is 24.0 Å². The van der Waals surface area contributed by atoms with E-state index in [1.165, 1.54) is 0 Å². The van der Waals surface area contributed by atoms with Gasteiger partial charge in [0.15, 0.2) is 0 Å². The number of hydrogen-bond donors (Lipinski definition) is 2. The zero-order valence-electron chi connectivity index (χ0n) is 12.2. The summed E-state index contributed by atoms with van der Waals surface area (Å²) in [7, 11) is 0. The number of carbonyl (C=O) groups is 1. The minimum Gasteiger partial charge on any atom is -0.486 e. The molecule has 0 bridgehead atoms. The van der Waals surface area contributed by atoms with Crippen molar-refractivity contribution in [3.8, 4) is 5.75 Å². The average molecular weight is 278 g/mol. The maximum Gasteiger partial charge on any atom is 0.326 e. The largest absolute Gasteiger partial charge is 0.486 e. The van der Waals surface area contributed by atoms with Crippen LogP contribution in [0.1, 0.15) is 27.2 Å². The molecule has 1 heterocycles. The first-order valence-electron chi connectivity index (χ1n) is 7.00. The average Bonchev–Trinajstić information content (AvgIpc) is 2.38. The van der Waals surface area contributed by atoms with Gasteiger partial charge in [0, 0.05) is 0 Å². The van der Waals surface area contributed by atoms with E-state index in [0.29, 0.717) is 36.0 Å². The third kappa shape index (κ3) is 2.53. The van der Waals surface area contributed by atoms with Crippen LogP contribution in [0.2, 0.25) is 0 Å². The number of nitrogens with two attached hydrogens (primary N) is 1. The zero-order valence-corrected chi connectivity index (χ0v) is 12.2. The molecule has 0 amide bonds. The van der Waals surface area contributed by atoms with Crippen molar-refractivity contribution in [1.82, 2.24) is 0 Å². The first-order chi connectivity index (χ1) is 9.45. The van der Waals surface area contributed by atoms with Crippen LogP contribution in [0.15, 0.2) is 18.2 Å². The standard InChI is InChI=1S/C15H22N2O3/c1-4-11(15(18)19)17-8-13(9(2)3)20-12-7-5-6-10(16)14(12)17/h5-7,9,11,13H,4,8,16H2,1-3H3,(H,18,19). The molecule has 5 heteroatoms. The summed E-state index contributed by atoms with van der Waals surface area (Å²) in [5.74, 6) is 0.152. The van der Waals surface area contributed by atoms with Gasteiger partial charge in [-0.1, -0.05) is 26.8 Å². The molecule has 2 atom stereocenters. The second kappa shape index (κ2) is 5.61. The highest BCUT2D eigenvalue weighted by Gasteiger charge is 2.35. The topological polar surface area (TPSA) is 75.8 Å². The van der Waals surface area contributed by atoms with Crippen LogP contribution in [-0.2, 0) is 4.79 Å². The van der Waals surface area contributed by atoms with E-state index in [9.17, 15) is 9.90 Å². The van der Waals surface area contributed by atoms with Crippen molar-refractivity contribution in [2.45, 2.75) is 39.3 Å². The lowest BCUT2D eigenvalue weighted by molar-refractivity contribution is -0.138. The third-order valence-corrected chi connectivity index (χ3v) is 3.76. The van der Waals surface area contributed by atoms with E-state index in [1.54, 1.807) is 6.07 Å². The summed E-state index contributed by atoms with van der Waals surface area (Å²) in [4.78, 5) is 13.4. The molecule has 2 rings (SSSR count). The molecule has 1 aromatic carbocycles. The molecule has 110 valence electrons. The lowest BCUT2D eigenvalue weighted by Gasteiger charge is -2.41. The molecule has 0 fully saturated rings. The first kappa shape index (κ1) is 14.5. The van der Waals surface area contributed by atoms with Gasteiger partial charge in [-0.05, 0) is 24.5 Å². The fraction of sp³-hybridized carbons (Fsp3) is 0.533. The van der Waals surface area contributed by atoms with Gasteiger partial charge in [-0.2, -0.15) is 0 Å². The normalized spacial score (nSPS) is 19.4. The van der Waals surface area contributed by atoms with E-state index in [4.69, 9.17) is 10.5 Å². The van der Waals surface area contributed by atoms with Gasteiger partial charge in [0.2, 0.25) is 0 Å². The summed E-state index contributed by atoms with van der Waals surface area (Å²) in [6, 6.07) is 4.88. The molecule has 2 unspecified atom stereocenters. The Morgan fingerprint density at radius 2 is 2.25 bits per heavy atom. The van der Waals surface area contributed by atoms with E-state index >= 15 is 0 Å². The number of rotatable bonds is 4. The van der Waals surface area contributed by atoms with Gasteiger partial charge in [0.1, 0.15) is 23.6 Å². The summed E-state index contributed by atoms with van der Waals surface area (Å²) >= 11 is 0. The van der Waals surface area contributed by atoms with Crippen molar-refractivity contribution in [3.05, 3.63) is 18.2 Å². The van der Waals surface area contributed by atoms with Gasteiger partial charge in [0.05, 0.1) is 12.2 Å². The Hall–Kier alpha value is -1.91. The molecule has 3 N–H and O–H groups in total. The Bertz CT molecular complexity index is 502. The van der Waals surface area contributed by atoms with E-state index in [-0.39, 0.29) is 6.10 Å². The van der Waals surface area contributed by atoms with Gasteiger partial charge in [-0.3, -0.25) is 0 Å². The molecular weight excluding hydrogens is 256 g/mol. The van der Waals surface area contributed by atoms with Crippen molar-refractivity contribution >= 4 is 17.3 Å². The van der Waals surface area contributed by atoms with Crippen molar-refractivity contribution in [1.29, 1.82) is 0 Å². The minimum atomic E-state index is -0.828. The van der Waals surface area contributed by atoms with Crippen LogP contribution < -0.4 is 15.4 Å². The number of nitrogens with zero attached hydrogens (tertiary/aromatic N) is 1. The maximum atomic E-state index is 11.5. The fourth-order valence-electron chi connectivity index (χ4n) is 2.59. The van der Waals surface area contributed by atoms with Gasteiger partial charge >= 0.3 is 5.97 Å². The number of fused-ring (bicyclic) bond motifs is 1. The lowest BCUT2D eigenvalue weighted by atomic mass is 10.0. The molecule has 0 aromatic heterocycles. The lowest BCUT2D eigenvalue weighted by Crippen LogP contribution is -2.50. The molecule has 1 aliphatic rings. The predicted octanol–water partition coefficient (Wildman–Crippen LogP) is 2.36. The summed E-state index contributed by atoms with van der Waals surface area (Å²) in [5, 5.41) is 9.44. The van der Waals surface area contributed by atoms with Gasteiger partial charge in [0.25, 0.3) is 0 Å². The summed E-state index contributed by atoms with van der Waals surface area (Å²) in [5.41, 5.74) is 7.30. The Kier molecular flexibility index (Phi) is 4.06. The number of nitrogen functional groups attached to an aromatic ring is 1. The number of ether oxygens (including phenoxy) is 1. The Morgan fingerprint density at radius 3 is 2.80 bits per heavy atom. The highest BCUT2D eigenvalue weighted by Crippen LogP contribution is 2.40. The van der Waals surface area contributed by atoms with Crippen LogP contribution >= 0.6 is 0 Å². The molecule has 20 heavy (non-hydrogen) atoms. The van der Waals surface area contributed by atoms with Gasteiger partial charge < -0.3 is 20.5 Å². The number of aliphatic carboxylic acids is 1. The van der Waals surface area contributed by atoms with Crippen molar-refractivity contribution in [2.24, 2.45) is 5.92 Å². The first-order valence-corrected chi connectivity index (χ1v) is 7.00. The van der Waals surface area contributed by atoms with Crippen LogP contribution in [0.4, 0.5) is 11.4 Å². The third-order valence-electron chi connectivity index (χ3n) is 3.76. The number of carboxylic acid groups (broad SMARTS) is 1. The molecule has 0 aliphatic carbocycles. The monoisotopic (exact) mass is 278 g/mol. The molecule has 5 nitrogen and oxygen atoms in total. The number of para-hydroxylation sites is 1. The Labute approximate surface area is 119 Å². The van der Waals surface area contributed by atoms with Crippen LogP contribution in [0.5, 0.6) is 5.75 Å². The molecule has 0 saturated carbocycles. The van der Waals surface area contributed by atoms with Crippen molar-refractivity contribution in [2.75, 3.05) is 17.2 Å². The number of carboxylic acids is 1. The summed E-state index contributed by atoms with van der Waals surface area (Å²) in [6.45, 7) is 6.56. The number of hydrogen-bond acceptors (Lipinski definition) is 4. The zero-order chi connectivity index (χ0) is 14.9. The fourth-order valence-corrected chi connectivity index (χ4v) is 2.59. The van der Waals surface area contributed by atoms with Crippen LogP contribution in [0.3, 0.4) is 0 Å². The predicted molar refractivity (Wildman–Crippen MR) is 79.2 cm³/mol. The second-order valence-corrected chi connectivity index (χ2v) is 5.51. The van der Waals surface area contributed by atoms with E-state index in [0.717, 1.165) is 0 Å². The van der Waals surface area contributed by atoms with Crippen LogP contribution in [0.25, 0.3) is 0 Å². The highest BCUT2D eigenvalue weighted by atomic mass is 16.5. The van der Waals surface area contributed by atoms with Crippen LogP contribution in [-0.4, -0.2) is 29.8 Å². The summed E-state index contributed by atoms with van der Waals surface area (Å²) in [6.07, 6.45) is 0.492. The van der Waals surface area contributed by atoms with Crippen LogP contribution in [0, 0.1) is 5.92 Å². The highest BCUT2D eigenvalue weighted by molar-refractivity contribution is 5.84. The number of anilines is 2. The number of benzene rings is 1. The molecule has 1 aliphatic heterocycles. The molecule has 0 radical (unpaired) electrons. The van der Waals surface area contributed by atoms with E-state index in [2.05, 4.69) is 13.8 Å². The Morgan fingerprint density at radius 1 is 1.55 bits per heavy atom. The van der Waals surface area contributed by atoms with E-state index < -0.39 is 12.0 Å². The molecule has 0 spiro atoms. The molecular formula is C15H22N2O3. The van der Waals surface area contributed by atoms with Crippen molar-refractivity contribution < 1.29 is 14.6 Å². The molecule has 1 aromatic rings. The maximum absolute atomic E-state index is 11.5. The second-order valence-electron chi connectivity index (χ2n) is 5.51. The SMILES string of the molecule is CCC(C(=O)O)N1CC(C(C)C)Oc2cccc(N)c21. The quantitative estimate of drug-likeness (QED) is 0.827. The molecule has 0 saturated heterocycles. The smallest absolute Gasteiger partial charge is 0.326 e. The van der Waals surface area contributed by atoms with Gasteiger partial charge in [-0.25, -0.2) is 4.79 Å². The minimum absolute atomic E-state index is 0.0299. The van der Waals surface area contributed by atoms with Crippen molar-refractivity contribution in [3.63, 3.8) is 0 Å².